The van der Waals surface area contributed by atoms with Crippen LogP contribution in [0.4, 0.5) is 0 Å². The molecule has 0 heterocycles. The van der Waals surface area contributed by atoms with Gasteiger partial charge in [0.05, 0.1) is 5.71 Å². The van der Waals surface area contributed by atoms with Gasteiger partial charge in [-0.05, 0) is 23.8 Å². The van der Waals surface area contributed by atoms with Crippen LogP contribution in [-0.4, -0.2) is 10.9 Å². The highest BCUT2D eigenvalue weighted by molar-refractivity contribution is 6.36. The molecule has 14 heavy (non-hydrogen) atoms. The van der Waals surface area contributed by atoms with Gasteiger partial charge in [-0.2, -0.15) is 0 Å². The Kier molecular flexibility index (Phi) is 3.98. The molecule has 0 spiro atoms. The van der Waals surface area contributed by atoms with Crippen molar-refractivity contribution in [2.75, 3.05) is 0 Å². The molecule has 0 amide bonds. The van der Waals surface area contributed by atoms with Crippen LogP contribution >= 0.6 is 23.2 Å². The number of benzene rings is 1. The molecule has 2 nitrogen and oxygen atoms in total. The first-order valence-electron chi connectivity index (χ1n) is 3.95. The summed E-state index contributed by atoms with van der Waals surface area (Å²) in [6, 6.07) is 5.24. The maximum Gasteiger partial charge on any atom is 0.0834 e. The van der Waals surface area contributed by atoms with Gasteiger partial charge in [-0.25, -0.2) is 0 Å². The Bertz CT molecular complexity index is 354. The van der Waals surface area contributed by atoms with E-state index < -0.39 is 0 Å². The number of allylic oxidation sites excluding steroid dienone is 1. The van der Waals surface area contributed by atoms with Gasteiger partial charge in [0.2, 0.25) is 0 Å². The first kappa shape index (κ1) is 11.1. The fourth-order valence-electron chi connectivity index (χ4n) is 1.03. The highest BCUT2D eigenvalue weighted by Crippen LogP contribution is 2.24. The van der Waals surface area contributed by atoms with E-state index in [4.69, 9.17) is 28.4 Å². The molecule has 0 aliphatic carbocycles. The quantitative estimate of drug-likeness (QED) is 0.480. The molecule has 0 aliphatic rings. The Morgan fingerprint density at radius 1 is 1.43 bits per heavy atom. The molecular weight excluding hydrogens is 221 g/mol. The molecule has 0 bridgehead atoms. The van der Waals surface area contributed by atoms with Gasteiger partial charge in [0, 0.05) is 16.5 Å². The van der Waals surface area contributed by atoms with Crippen LogP contribution in [0, 0.1) is 0 Å². The van der Waals surface area contributed by atoms with Crippen molar-refractivity contribution in [2.45, 2.75) is 6.42 Å². The van der Waals surface area contributed by atoms with E-state index in [0.717, 1.165) is 5.56 Å². The summed E-state index contributed by atoms with van der Waals surface area (Å²) in [6.45, 7) is 3.51. The minimum absolute atomic E-state index is 0.374. The van der Waals surface area contributed by atoms with Gasteiger partial charge in [0.25, 0.3) is 0 Å². The molecule has 1 aromatic rings. The molecule has 74 valence electrons. The average Bonchev–Trinajstić information content (AvgIpc) is 2.18. The number of nitrogens with zero attached hydrogens (tertiary/aromatic N) is 1. The molecular formula is C10H9Cl2NO. The van der Waals surface area contributed by atoms with Crippen molar-refractivity contribution in [1.29, 1.82) is 0 Å². The second kappa shape index (κ2) is 5.03. The Morgan fingerprint density at radius 3 is 2.43 bits per heavy atom. The van der Waals surface area contributed by atoms with E-state index in [2.05, 4.69) is 11.7 Å². The summed E-state index contributed by atoms with van der Waals surface area (Å²) in [5.74, 6) is 0. The summed E-state index contributed by atoms with van der Waals surface area (Å²) in [7, 11) is 0. The van der Waals surface area contributed by atoms with Crippen LogP contribution in [-0.2, 0) is 6.42 Å². The smallest absolute Gasteiger partial charge is 0.0834 e. The molecule has 1 aromatic carbocycles. The van der Waals surface area contributed by atoms with Gasteiger partial charge in [0.15, 0.2) is 0 Å². The first-order chi connectivity index (χ1) is 6.69. The lowest BCUT2D eigenvalue weighted by Crippen LogP contribution is -2.00. The first-order valence-corrected chi connectivity index (χ1v) is 4.71. The highest BCUT2D eigenvalue weighted by atomic mass is 35.5. The zero-order valence-corrected chi connectivity index (χ0v) is 8.89. The second-order valence-electron chi connectivity index (χ2n) is 2.67. The maximum atomic E-state index is 8.60. The molecule has 0 fully saturated rings. The largest absolute Gasteiger partial charge is 0.411 e. The fraction of sp³-hybridized carbons (Fsp3) is 0.100. The Morgan fingerprint density at radius 2 is 2.00 bits per heavy atom. The van der Waals surface area contributed by atoms with Crippen LogP contribution in [0.2, 0.25) is 10.0 Å². The van der Waals surface area contributed by atoms with Crippen LogP contribution in [0.3, 0.4) is 0 Å². The number of hydrogen-bond acceptors (Lipinski definition) is 2. The minimum Gasteiger partial charge on any atom is -0.411 e. The maximum absolute atomic E-state index is 8.60. The van der Waals surface area contributed by atoms with Gasteiger partial charge in [-0.3, -0.25) is 0 Å². The Balaban J connectivity index is 3.02. The SMILES string of the molecule is C=C/C(Cc1c(Cl)cccc1Cl)=N/O. The monoisotopic (exact) mass is 229 g/mol. The van der Waals surface area contributed by atoms with Gasteiger partial charge < -0.3 is 5.21 Å². The zero-order valence-electron chi connectivity index (χ0n) is 7.37. The van der Waals surface area contributed by atoms with Gasteiger partial charge in [-0.1, -0.05) is 41.0 Å². The molecule has 1 rings (SSSR count). The van der Waals surface area contributed by atoms with Crippen molar-refractivity contribution in [1.82, 2.24) is 0 Å². The van der Waals surface area contributed by atoms with Crippen LogP contribution < -0.4 is 0 Å². The summed E-state index contributed by atoms with van der Waals surface area (Å²) in [4.78, 5) is 0. The number of halogens is 2. The summed E-state index contributed by atoms with van der Waals surface area (Å²) >= 11 is 11.9. The van der Waals surface area contributed by atoms with Crippen molar-refractivity contribution in [2.24, 2.45) is 5.16 Å². The van der Waals surface area contributed by atoms with Crippen LogP contribution in [0.5, 0.6) is 0 Å². The van der Waals surface area contributed by atoms with Gasteiger partial charge in [0.1, 0.15) is 0 Å². The van der Waals surface area contributed by atoms with Crippen molar-refractivity contribution in [3.8, 4) is 0 Å². The third-order valence-corrected chi connectivity index (χ3v) is 2.49. The molecule has 0 atom stereocenters. The van der Waals surface area contributed by atoms with E-state index in [1.165, 1.54) is 6.08 Å². The van der Waals surface area contributed by atoms with E-state index in [-0.39, 0.29) is 0 Å². The molecule has 0 saturated carbocycles. The molecule has 0 aliphatic heterocycles. The number of oxime groups is 1. The van der Waals surface area contributed by atoms with E-state index >= 15 is 0 Å². The minimum atomic E-state index is 0.374. The second-order valence-corrected chi connectivity index (χ2v) is 3.49. The van der Waals surface area contributed by atoms with Crippen LogP contribution in [0.1, 0.15) is 5.56 Å². The van der Waals surface area contributed by atoms with E-state index in [9.17, 15) is 0 Å². The van der Waals surface area contributed by atoms with E-state index in [0.29, 0.717) is 22.2 Å². The predicted octanol–water partition coefficient (Wildman–Crippen LogP) is 3.55. The number of hydrogen-bond donors (Lipinski definition) is 1. The van der Waals surface area contributed by atoms with Crippen LogP contribution in [0.25, 0.3) is 0 Å². The third-order valence-electron chi connectivity index (χ3n) is 1.78. The Hall–Kier alpha value is -0.990. The average molecular weight is 230 g/mol. The topological polar surface area (TPSA) is 32.6 Å². The lowest BCUT2D eigenvalue weighted by atomic mass is 10.1. The van der Waals surface area contributed by atoms with E-state index in [1.807, 2.05) is 0 Å². The van der Waals surface area contributed by atoms with Crippen molar-refractivity contribution >= 4 is 28.9 Å². The summed E-state index contributed by atoms with van der Waals surface area (Å²) < 4.78 is 0. The highest BCUT2D eigenvalue weighted by Gasteiger charge is 2.07. The zero-order chi connectivity index (χ0) is 10.6. The van der Waals surface area contributed by atoms with Crippen molar-refractivity contribution in [3.63, 3.8) is 0 Å². The molecule has 0 radical (unpaired) electrons. The van der Waals surface area contributed by atoms with Crippen LogP contribution in [0.15, 0.2) is 36.0 Å². The molecule has 0 aromatic heterocycles. The summed E-state index contributed by atoms with van der Waals surface area (Å²) in [6.07, 6.45) is 1.83. The lowest BCUT2D eigenvalue weighted by Gasteiger charge is -2.05. The Labute approximate surface area is 92.5 Å². The van der Waals surface area contributed by atoms with E-state index in [1.54, 1.807) is 18.2 Å². The standard InChI is InChI=1S/C10H9Cl2NO/c1-2-7(13-14)6-8-9(11)4-3-5-10(8)12/h2-5,14H,1,6H2/b13-7-. The lowest BCUT2D eigenvalue weighted by molar-refractivity contribution is 0.318. The molecule has 0 unspecified atom stereocenters. The van der Waals surface area contributed by atoms with Crippen molar-refractivity contribution < 1.29 is 5.21 Å². The summed E-state index contributed by atoms with van der Waals surface area (Å²) in [5, 5.41) is 12.8. The van der Waals surface area contributed by atoms with Gasteiger partial charge in [-0.15, -0.1) is 0 Å². The molecule has 4 heteroatoms. The third kappa shape index (κ3) is 2.50. The summed E-state index contributed by atoms with van der Waals surface area (Å²) in [5.41, 5.74) is 1.17. The van der Waals surface area contributed by atoms with Gasteiger partial charge >= 0.3 is 0 Å². The van der Waals surface area contributed by atoms with Crippen molar-refractivity contribution in [3.05, 3.63) is 46.5 Å². The molecule has 1 N–H and O–H groups in total. The molecule has 0 saturated heterocycles. The normalized spacial score (nSPS) is 11.4. The number of rotatable bonds is 3. The fourth-order valence-corrected chi connectivity index (χ4v) is 1.56. The predicted molar refractivity (Wildman–Crippen MR) is 59.6 cm³/mol.